The van der Waals surface area contributed by atoms with Crippen molar-refractivity contribution in [2.75, 3.05) is 6.61 Å². The summed E-state index contributed by atoms with van der Waals surface area (Å²) in [4.78, 5) is 0. The van der Waals surface area contributed by atoms with E-state index in [2.05, 4.69) is 24.3 Å². The molecule has 1 N–H and O–H groups in total. The molecule has 0 aromatic heterocycles. The first-order valence-corrected chi connectivity index (χ1v) is 8.22. The third-order valence-electron chi connectivity index (χ3n) is 4.93. The zero-order valence-corrected chi connectivity index (χ0v) is 12.3. The zero-order valence-electron chi connectivity index (χ0n) is 12.3. The Labute approximate surface area is 122 Å². The van der Waals surface area contributed by atoms with E-state index in [-0.39, 0.29) is 6.10 Å². The Balaban J connectivity index is 1.49. The van der Waals surface area contributed by atoms with Gasteiger partial charge in [0.05, 0.1) is 12.2 Å². The van der Waals surface area contributed by atoms with Crippen LogP contribution in [0.2, 0.25) is 0 Å². The van der Waals surface area contributed by atoms with Crippen LogP contribution in [0.15, 0.2) is 24.3 Å². The average molecular weight is 274 g/mol. The van der Waals surface area contributed by atoms with Gasteiger partial charge < -0.3 is 9.84 Å². The Kier molecular flexibility index (Phi) is 4.74. The summed E-state index contributed by atoms with van der Waals surface area (Å²) in [6, 6.07) is 8.64. The number of aliphatic hydroxyl groups excluding tert-OH is 1. The summed E-state index contributed by atoms with van der Waals surface area (Å²) in [7, 11) is 0. The molecule has 2 heteroatoms. The van der Waals surface area contributed by atoms with Crippen LogP contribution in [0.5, 0.6) is 0 Å². The standard InChI is InChI=1S/C18H26O2/c19-18(12-11-17-6-1-2-13-20-17)16-9-7-15(8-10-16)14-4-3-5-14/h7-10,14,17-19H,1-6,11-13H2. The van der Waals surface area contributed by atoms with Crippen molar-refractivity contribution in [3.63, 3.8) is 0 Å². The van der Waals surface area contributed by atoms with Gasteiger partial charge in [0.2, 0.25) is 0 Å². The first kappa shape index (κ1) is 14.1. The smallest absolute Gasteiger partial charge is 0.0791 e. The molecule has 0 radical (unpaired) electrons. The summed E-state index contributed by atoms with van der Waals surface area (Å²) in [5.41, 5.74) is 2.51. The van der Waals surface area contributed by atoms with Crippen molar-refractivity contribution in [1.29, 1.82) is 0 Å². The molecule has 1 saturated heterocycles. The highest BCUT2D eigenvalue weighted by Gasteiger charge is 2.20. The summed E-state index contributed by atoms with van der Waals surface area (Å²) in [5, 5.41) is 10.3. The number of hydrogen-bond donors (Lipinski definition) is 1. The Bertz CT molecular complexity index is 402. The number of aliphatic hydroxyl groups is 1. The Morgan fingerprint density at radius 1 is 1.05 bits per heavy atom. The highest BCUT2D eigenvalue weighted by atomic mass is 16.5. The van der Waals surface area contributed by atoms with Crippen molar-refractivity contribution in [3.05, 3.63) is 35.4 Å². The molecule has 0 spiro atoms. The molecule has 110 valence electrons. The first-order valence-electron chi connectivity index (χ1n) is 8.22. The van der Waals surface area contributed by atoms with E-state index in [4.69, 9.17) is 4.74 Å². The lowest BCUT2D eigenvalue weighted by Crippen LogP contribution is -2.19. The molecule has 1 aliphatic carbocycles. The van der Waals surface area contributed by atoms with E-state index in [1.54, 1.807) is 0 Å². The summed E-state index contributed by atoms with van der Waals surface area (Å²) >= 11 is 0. The predicted octanol–water partition coefficient (Wildman–Crippen LogP) is 4.34. The first-order chi connectivity index (χ1) is 9.83. The summed E-state index contributed by atoms with van der Waals surface area (Å²) in [6.07, 6.45) is 9.49. The molecule has 2 unspecified atom stereocenters. The van der Waals surface area contributed by atoms with E-state index in [1.165, 1.54) is 37.7 Å². The molecule has 1 heterocycles. The van der Waals surface area contributed by atoms with Gasteiger partial charge in [-0.25, -0.2) is 0 Å². The molecule has 3 rings (SSSR count). The average Bonchev–Trinajstić information content (AvgIpc) is 2.45. The van der Waals surface area contributed by atoms with Gasteiger partial charge >= 0.3 is 0 Å². The van der Waals surface area contributed by atoms with Gasteiger partial charge in [0.25, 0.3) is 0 Å². The number of benzene rings is 1. The minimum atomic E-state index is -0.337. The number of ether oxygens (including phenoxy) is 1. The summed E-state index contributed by atoms with van der Waals surface area (Å²) in [6.45, 7) is 0.900. The lowest BCUT2D eigenvalue weighted by Gasteiger charge is -2.26. The second kappa shape index (κ2) is 6.73. The van der Waals surface area contributed by atoms with E-state index in [0.717, 1.165) is 37.4 Å². The molecule has 1 aromatic rings. The molecule has 2 atom stereocenters. The van der Waals surface area contributed by atoms with Gasteiger partial charge in [-0.2, -0.15) is 0 Å². The largest absolute Gasteiger partial charge is 0.388 e. The maximum absolute atomic E-state index is 10.3. The van der Waals surface area contributed by atoms with Gasteiger partial charge in [-0.1, -0.05) is 30.7 Å². The van der Waals surface area contributed by atoms with Crippen LogP contribution in [0.1, 0.15) is 74.5 Å². The maximum Gasteiger partial charge on any atom is 0.0791 e. The Morgan fingerprint density at radius 2 is 1.85 bits per heavy atom. The van der Waals surface area contributed by atoms with Crippen molar-refractivity contribution >= 4 is 0 Å². The van der Waals surface area contributed by atoms with E-state index in [0.29, 0.717) is 6.10 Å². The molecular weight excluding hydrogens is 248 g/mol. The Morgan fingerprint density at radius 3 is 2.45 bits per heavy atom. The van der Waals surface area contributed by atoms with Crippen LogP contribution in [0.25, 0.3) is 0 Å². The van der Waals surface area contributed by atoms with Gasteiger partial charge in [0.1, 0.15) is 0 Å². The number of rotatable bonds is 5. The fourth-order valence-corrected chi connectivity index (χ4v) is 3.28. The van der Waals surface area contributed by atoms with Crippen LogP contribution < -0.4 is 0 Å². The molecule has 20 heavy (non-hydrogen) atoms. The van der Waals surface area contributed by atoms with Crippen molar-refractivity contribution in [1.82, 2.24) is 0 Å². The monoisotopic (exact) mass is 274 g/mol. The topological polar surface area (TPSA) is 29.5 Å². The van der Waals surface area contributed by atoms with Gasteiger partial charge in [-0.05, 0) is 62.0 Å². The summed E-state index contributed by atoms with van der Waals surface area (Å²) in [5.74, 6) is 0.775. The minimum Gasteiger partial charge on any atom is -0.388 e. The van der Waals surface area contributed by atoms with Crippen molar-refractivity contribution in [2.45, 2.75) is 69.5 Å². The molecule has 0 bridgehead atoms. The molecule has 0 amide bonds. The maximum atomic E-state index is 10.3. The molecular formula is C18H26O2. The van der Waals surface area contributed by atoms with Crippen LogP contribution in [0, 0.1) is 0 Å². The fourth-order valence-electron chi connectivity index (χ4n) is 3.28. The molecule has 2 aliphatic rings. The summed E-state index contributed by atoms with van der Waals surface area (Å²) < 4.78 is 5.73. The quantitative estimate of drug-likeness (QED) is 0.865. The van der Waals surface area contributed by atoms with E-state index in [1.807, 2.05) is 0 Å². The van der Waals surface area contributed by atoms with Gasteiger partial charge in [0, 0.05) is 6.61 Å². The fraction of sp³-hybridized carbons (Fsp3) is 0.667. The molecule has 1 aromatic carbocycles. The minimum absolute atomic E-state index is 0.337. The van der Waals surface area contributed by atoms with E-state index >= 15 is 0 Å². The SMILES string of the molecule is OC(CCC1CCCCO1)c1ccc(C2CCC2)cc1. The van der Waals surface area contributed by atoms with Crippen molar-refractivity contribution < 1.29 is 9.84 Å². The highest BCUT2D eigenvalue weighted by Crippen LogP contribution is 2.36. The lowest BCUT2D eigenvalue weighted by molar-refractivity contribution is 0.00213. The van der Waals surface area contributed by atoms with Crippen LogP contribution in [0.3, 0.4) is 0 Å². The second-order valence-corrected chi connectivity index (χ2v) is 6.38. The zero-order chi connectivity index (χ0) is 13.8. The van der Waals surface area contributed by atoms with Crippen LogP contribution in [-0.4, -0.2) is 17.8 Å². The molecule has 1 saturated carbocycles. The molecule has 1 aliphatic heterocycles. The van der Waals surface area contributed by atoms with Gasteiger partial charge in [-0.3, -0.25) is 0 Å². The van der Waals surface area contributed by atoms with Gasteiger partial charge in [0.15, 0.2) is 0 Å². The van der Waals surface area contributed by atoms with Crippen LogP contribution >= 0.6 is 0 Å². The molecule has 2 nitrogen and oxygen atoms in total. The van der Waals surface area contributed by atoms with Crippen molar-refractivity contribution in [3.8, 4) is 0 Å². The second-order valence-electron chi connectivity index (χ2n) is 6.38. The third kappa shape index (κ3) is 3.42. The van der Waals surface area contributed by atoms with Crippen LogP contribution in [0.4, 0.5) is 0 Å². The Hall–Kier alpha value is -0.860. The predicted molar refractivity (Wildman–Crippen MR) is 80.8 cm³/mol. The molecule has 2 fully saturated rings. The van der Waals surface area contributed by atoms with Gasteiger partial charge in [-0.15, -0.1) is 0 Å². The normalized spacial score (nSPS) is 25.1. The lowest BCUT2D eigenvalue weighted by atomic mass is 9.80. The van der Waals surface area contributed by atoms with Crippen LogP contribution in [-0.2, 0) is 4.74 Å². The van der Waals surface area contributed by atoms with Crippen molar-refractivity contribution in [2.24, 2.45) is 0 Å². The third-order valence-corrected chi connectivity index (χ3v) is 4.93. The number of hydrogen-bond acceptors (Lipinski definition) is 2. The van der Waals surface area contributed by atoms with E-state index in [9.17, 15) is 5.11 Å². The highest BCUT2D eigenvalue weighted by molar-refractivity contribution is 5.27. The van der Waals surface area contributed by atoms with E-state index < -0.39 is 0 Å².